The summed E-state index contributed by atoms with van der Waals surface area (Å²) < 4.78 is 27.6. The lowest BCUT2D eigenvalue weighted by Gasteiger charge is -2.15. The van der Waals surface area contributed by atoms with Crippen molar-refractivity contribution in [2.45, 2.75) is 13.5 Å². The molecule has 0 spiro atoms. The van der Waals surface area contributed by atoms with Gasteiger partial charge < -0.3 is 28.7 Å². The summed E-state index contributed by atoms with van der Waals surface area (Å²) in [7, 11) is 1.59. The summed E-state index contributed by atoms with van der Waals surface area (Å²) in [5.41, 5.74) is 0.429. The molecule has 0 radical (unpaired) electrons. The predicted molar refractivity (Wildman–Crippen MR) is 131 cm³/mol. The number of methoxy groups -OCH3 is 1. The number of amides is 1. The van der Waals surface area contributed by atoms with Crippen LogP contribution in [0.15, 0.2) is 64.8 Å². The summed E-state index contributed by atoms with van der Waals surface area (Å²) in [5.74, 6) is 2.13. The maximum atomic E-state index is 12.4. The van der Waals surface area contributed by atoms with Gasteiger partial charge in [-0.15, -0.1) is 0 Å². The number of carbonyl (C=O) groups excluding carboxylic acids is 1. The van der Waals surface area contributed by atoms with Crippen LogP contribution in [-0.2, 0) is 11.3 Å². The van der Waals surface area contributed by atoms with Crippen molar-refractivity contribution >= 4 is 23.6 Å². The van der Waals surface area contributed by atoms with E-state index < -0.39 is 5.91 Å². The highest BCUT2D eigenvalue weighted by Gasteiger charge is 2.15. The molecule has 0 aliphatic rings. The zero-order chi connectivity index (χ0) is 25.0. The van der Waals surface area contributed by atoms with Crippen LogP contribution in [0.2, 0.25) is 5.02 Å². The van der Waals surface area contributed by atoms with Gasteiger partial charge in [-0.25, -0.2) is 0 Å². The molecular formula is C26H25ClN2O6. The van der Waals surface area contributed by atoms with Crippen LogP contribution in [0.4, 0.5) is 0 Å². The number of ether oxygens (including phenoxy) is 4. The highest BCUT2D eigenvalue weighted by Crippen LogP contribution is 2.37. The third-order valence-corrected chi connectivity index (χ3v) is 4.93. The molecule has 1 N–H and O–H groups in total. The highest BCUT2D eigenvalue weighted by molar-refractivity contribution is 6.32. The molecule has 0 saturated carbocycles. The molecule has 0 aliphatic heterocycles. The first-order valence-electron chi connectivity index (χ1n) is 10.8. The zero-order valence-corrected chi connectivity index (χ0v) is 20.1. The summed E-state index contributed by atoms with van der Waals surface area (Å²) in [4.78, 5) is 12.4. The van der Waals surface area contributed by atoms with Gasteiger partial charge in [-0.2, -0.15) is 5.26 Å². The number of nitrogens with one attached hydrogen (secondary N) is 1. The molecule has 8 nitrogen and oxygen atoms in total. The minimum atomic E-state index is -0.534. The number of nitrogens with zero attached hydrogens (tertiary/aromatic N) is 1. The maximum Gasteiger partial charge on any atom is 0.262 e. The molecule has 0 bridgehead atoms. The Labute approximate surface area is 208 Å². The van der Waals surface area contributed by atoms with Gasteiger partial charge in [0.25, 0.3) is 5.91 Å². The second-order valence-electron chi connectivity index (χ2n) is 7.07. The van der Waals surface area contributed by atoms with Crippen molar-refractivity contribution in [3.05, 3.63) is 76.7 Å². The lowest BCUT2D eigenvalue weighted by molar-refractivity contribution is -0.117. The molecular weight excluding hydrogens is 472 g/mol. The van der Waals surface area contributed by atoms with Crippen molar-refractivity contribution in [3.8, 4) is 29.1 Å². The Kier molecular flexibility index (Phi) is 9.46. The van der Waals surface area contributed by atoms with E-state index in [-0.39, 0.29) is 30.4 Å². The van der Waals surface area contributed by atoms with E-state index in [0.29, 0.717) is 40.9 Å². The molecule has 3 rings (SSSR count). The second-order valence-corrected chi connectivity index (χ2v) is 7.48. The molecule has 2 aromatic carbocycles. The number of rotatable bonds is 12. The van der Waals surface area contributed by atoms with Gasteiger partial charge in [0.1, 0.15) is 42.1 Å². The Morgan fingerprint density at radius 1 is 1.11 bits per heavy atom. The van der Waals surface area contributed by atoms with Gasteiger partial charge in [-0.05, 0) is 55.0 Å². The van der Waals surface area contributed by atoms with E-state index in [1.54, 1.807) is 37.4 Å². The van der Waals surface area contributed by atoms with Crippen molar-refractivity contribution < 1.29 is 28.2 Å². The molecule has 182 valence electrons. The van der Waals surface area contributed by atoms with Gasteiger partial charge >= 0.3 is 0 Å². The Bertz CT molecular complexity index is 1200. The fraction of sp³-hybridized carbons (Fsp3) is 0.231. The lowest BCUT2D eigenvalue weighted by atomic mass is 10.1. The molecule has 35 heavy (non-hydrogen) atoms. The van der Waals surface area contributed by atoms with Crippen LogP contribution in [0.3, 0.4) is 0 Å². The van der Waals surface area contributed by atoms with Gasteiger partial charge in [0.2, 0.25) is 0 Å². The number of carbonyl (C=O) groups is 1. The summed E-state index contributed by atoms with van der Waals surface area (Å²) in [6.45, 7) is 2.85. The Hall–Kier alpha value is -4.09. The monoisotopic (exact) mass is 496 g/mol. The number of hydrogen-bond acceptors (Lipinski definition) is 7. The maximum absolute atomic E-state index is 12.4. The molecule has 3 aromatic rings. The fourth-order valence-electron chi connectivity index (χ4n) is 3.06. The molecule has 0 saturated heterocycles. The smallest absolute Gasteiger partial charge is 0.262 e. The molecule has 9 heteroatoms. The second kappa shape index (κ2) is 13.0. The van der Waals surface area contributed by atoms with E-state index in [1.807, 2.05) is 31.2 Å². The van der Waals surface area contributed by atoms with Gasteiger partial charge in [-0.1, -0.05) is 17.7 Å². The van der Waals surface area contributed by atoms with Crippen LogP contribution in [0.5, 0.6) is 23.0 Å². The Balaban J connectivity index is 1.67. The standard InChI is InChI=1S/C26H25ClN2O6/c1-3-32-24-14-18(12-19(16-28)26(30)29-17-22-8-5-9-33-22)13-23(27)25(24)35-11-10-34-21-7-4-6-20(15-21)31-2/h4-9,12-15H,3,10-11,17H2,1-2H3,(H,29,30)/b19-12+. The first-order valence-corrected chi connectivity index (χ1v) is 11.2. The number of furan rings is 1. The first kappa shape index (κ1) is 25.5. The van der Waals surface area contributed by atoms with Crippen LogP contribution in [0.25, 0.3) is 6.08 Å². The van der Waals surface area contributed by atoms with Gasteiger partial charge in [0.05, 0.1) is 31.5 Å². The number of nitriles is 1. The summed E-state index contributed by atoms with van der Waals surface area (Å²) in [6, 6.07) is 15.9. The third-order valence-electron chi connectivity index (χ3n) is 4.65. The number of benzene rings is 2. The van der Waals surface area contributed by atoms with Crippen LogP contribution in [0.1, 0.15) is 18.2 Å². The molecule has 0 atom stereocenters. The van der Waals surface area contributed by atoms with E-state index in [9.17, 15) is 10.1 Å². The van der Waals surface area contributed by atoms with Gasteiger partial charge in [0.15, 0.2) is 11.5 Å². The predicted octanol–water partition coefficient (Wildman–Crippen LogP) is 5.02. The quantitative estimate of drug-likeness (QED) is 0.213. The molecule has 0 fully saturated rings. The molecule has 1 aromatic heterocycles. The third kappa shape index (κ3) is 7.45. The molecule has 1 heterocycles. The largest absolute Gasteiger partial charge is 0.497 e. The van der Waals surface area contributed by atoms with Gasteiger partial charge in [0, 0.05) is 6.07 Å². The summed E-state index contributed by atoms with van der Waals surface area (Å²) in [6.07, 6.45) is 2.94. The van der Waals surface area contributed by atoms with Crippen LogP contribution in [-0.4, -0.2) is 32.8 Å². The Morgan fingerprint density at radius 2 is 1.91 bits per heavy atom. The average Bonchev–Trinajstić information content (AvgIpc) is 3.39. The van der Waals surface area contributed by atoms with E-state index in [0.717, 1.165) is 0 Å². The normalized spacial score (nSPS) is 10.9. The zero-order valence-electron chi connectivity index (χ0n) is 19.4. The number of hydrogen-bond donors (Lipinski definition) is 1. The van der Waals surface area contributed by atoms with Crippen molar-refractivity contribution in [1.82, 2.24) is 5.32 Å². The first-order chi connectivity index (χ1) is 17.0. The minimum Gasteiger partial charge on any atom is -0.497 e. The Morgan fingerprint density at radius 3 is 2.63 bits per heavy atom. The topological polar surface area (TPSA) is 103 Å². The van der Waals surface area contributed by atoms with Crippen molar-refractivity contribution in [3.63, 3.8) is 0 Å². The summed E-state index contributed by atoms with van der Waals surface area (Å²) in [5, 5.41) is 12.4. The SMILES string of the molecule is CCOc1cc(/C=C(\C#N)C(=O)NCc2ccco2)cc(Cl)c1OCCOc1cccc(OC)c1. The van der Waals surface area contributed by atoms with Crippen LogP contribution >= 0.6 is 11.6 Å². The average molecular weight is 497 g/mol. The van der Waals surface area contributed by atoms with Crippen molar-refractivity contribution in [2.75, 3.05) is 26.9 Å². The molecule has 0 aliphatic carbocycles. The molecule has 1 amide bonds. The van der Waals surface area contributed by atoms with Crippen molar-refractivity contribution in [1.29, 1.82) is 5.26 Å². The van der Waals surface area contributed by atoms with E-state index in [4.69, 9.17) is 35.0 Å². The lowest BCUT2D eigenvalue weighted by Crippen LogP contribution is -2.23. The molecule has 0 unspecified atom stereocenters. The van der Waals surface area contributed by atoms with Crippen molar-refractivity contribution in [2.24, 2.45) is 0 Å². The highest BCUT2D eigenvalue weighted by atomic mass is 35.5. The van der Waals surface area contributed by atoms with E-state index >= 15 is 0 Å². The van der Waals surface area contributed by atoms with E-state index in [1.165, 1.54) is 12.3 Å². The van der Waals surface area contributed by atoms with Crippen LogP contribution < -0.4 is 24.3 Å². The summed E-state index contributed by atoms with van der Waals surface area (Å²) >= 11 is 6.45. The fourth-order valence-corrected chi connectivity index (χ4v) is 3.33. The van der Waals surface area contributed by atoms with E-state index in [2.05, 4.69) is 5.32 Å². The van der Waals surface area contributed by atoms with Gasteiger partial charge in [-0.3, -0.25) is 4.79 Å². The minimum absolute atomic E-state index is 0.0876. The van der Waals surface area contributed by atoms with Crippen LogP contribution in [0, 0.1) is 11.3 Å². The number of halogens is 1.